The Balaban J connectivity index is 1.58. The number of rotatable bonds is 3. The Morgan fingerprint density at radius 1 is 1.06 bits per heavy atom. The number of fused-ring (bicyclic) bond motifs is 1. The molecule has 6 nitrogen and oxygen atoms in total. The zero-order valence-electron chi connectivity index (χ0n) is 17.9. The summed E-state index contributed by atoms with van der Waals surface area (Å²) in [5, 5.41) is 1.52. The number of morpholine rings is 1. The molecule has 3 aromatic rings. The first-order valence-corrected chi connectivity index (χ1v) is 11.5. The normalized spacial score (nSPS) is 19.3. The fourth-order valence-corrected chi connectivity index (χ4v) is 5.05. The van der Waals surface area contributed by atoms with Crippen molar-refractivity contribution in [1.82, 2.24) is 9.88 Å². The number of H-pyrrole nitrogens is 1. The maximum atomic E-state index is 13.3. The predicted octanol–water partition coefficient (Wildman–Crippen LogP) is 3.92. The van der Waals surface area contributed by atoms with Crippen molar-refractivity contribution < 1.29 is 9.53 Å². The van der Waals surface area contributed by atoms with Crippen LogP contribution in [-0.4, -0.2) is 55.2 Å². The first-order valence-electron chi connectivity index (χ1n) is 11.1. The van der Waals surface area contributed by atoms with E-state index >= 15 is 0 Å². The molecule has 7 heteroatoms. The van der Waals surface area contributed by atoms with Crippen molar-refractivity contribution in [2.75, 3.05) is 44.3 Å². The smallest absolute Gasteiger partial charge is 0.272 e. The van der Waals surface area contributed by atoms with Crippen LogP contribution in [0.4, 0.5) is 5.69 Å². The third kappa shape index (κ3) is 4.00. The maximum absolute atomic E-state index is 13.3. The SMILES string of the molecule is O=C([C@@H]1CCCN(c2c(-c3ccccc3)c3cc(Cl)ccc3[nH]c2=O)C1)N1CCOCC1. The molecule has 32 heavy (non-hydrogen) atoms. The summed E-state index contributed by atoms with van der Waals surface area (Å²) in [5.74, 6) is 0.0412. The topological polar surface area (TPSA) is 65.6 Å². The maximum Gasteiger partial charge on any atom is 0.272 e. The van der Waals surface area contributed by atoms with Crippen LogP contribution in [0.1, 0.15) is 12.8 Å². The molecule has 0 unspecified atom stereocenters. The van der Waals surface area contributed by atoms with Gasteiger partial charge in [-0.3, -0.25) is 9.59 Å². The second-order valence-electron chi connectivity index (χ2n) is 8.46. The molecular formula is C25H26ClN3O3. The highest BCUT2D eigenvalue weighted by Gasteiger charge is 2.32. The van der Waals surface area contributed by atoms with Gasteiger partial charge in [0.2, 0.25) is 5.91 Å². The van der Waals surface area contributed by atoms with Crippen LogP contribution in [0.3, 0.4) is 0 Å². The molecule has 5 rings (SSSR count). The molecule has 2 aliphatic heterocycles. The Bertz CT molecular complexity index is 1190. The first kappa shape index (κ1) is 21.0. The highest BCUT2D eigenvalue weighted by Crippen LogP contribution is 2.37. The molecule has 2 saturated heterocycles. The molecule has 2 aliphatic rings. The van der Waals surface area contributed by atoms with Gasteiger partial charge in [0, 0.05) is 47.7 Å². The Hall–Kier alpha value is -2.83. The van der Waals surface area contributed by atoms with Crippen LogP contribution in [0.2, 0.25) is 5.02 Å². The quantitative estimate of drug-likeness (QED) is 0.655. The summed E-state index contributed by atoms with van der Waals surface area (Å²) in [6.07, 6.45) is 1.70. The van der Waals surface area contributed by atoms with E-state index in [1.807, 2.05) is 47.4 Å². The van der Waals surface area contributed by atoms with Gasteiger partial charge in [-0.05, 0) is 36.6 Å². The Morgan fingerprint density at radius 2 is 1.84 bits per heavy atom. The lowest BCUT2D eigenvalue weighted by atomic mass is 9.93. The van der Waals surface area contributed by atoms with E-state index in [0.29, 0.717) is 43.6 Å². The summed E-state index contributed by atoms with van der Waals surface area (Å²) < 4.78 is 5.40. The molecule has 0 spiro atoms. The van der Waals surface area contributed by atoms with Crippen molar-refractivity contribution in [3.05, 3.63) is 63.9 Å². The van der Waals surface area contributed by atoms with Gasteiger partial charge in [-0.15, -0.1) is 0 Å². The minimum absolute atomic E-state index is 0.125. The molecule has 1 aromatic heterocycles. The van der Waals surface area contributed by atoms with Gasteiger partial charge in [0.15, 0.2) is 0 Å². The van der Waals surface area contributed by atoms with Crippen molar-refractivity contribution in [3.63, 3.8) is 0 Å². The highest BCUT2D eigenvalue weighted by molar-refractivity contribution is 6.31. The average Bonchev–Trinajstić information content (AvgIpc) is 2.84. The average molecular weight is 452 g/mol. The summed E-state index contributed by atoms with van der Waals surface area (Å²) in [6.45, 7) is 3.73. The van der Waals surface area contributed by atoms with E-state index in [0.717, 1.165) is 41.4 Å². The van der Waals surface area contributed by atoms with Gasteiger partial charge in [0.1, 0.15) is 5.69 Å². The molecule has 0 aliphatic carbocycles. The molecule has 2 aromatic carbocycles. The zero-order valence-corrected chi connectivity index (χ0v) is 18.6. The molecule has 0 bridgehead atoms. The summed E-state index contributed by atoms with van der Waals surface area (Å²) in [7, 11) is 0. The minimum atomic E-state index is -0.141. The van der Waals surface area contributed by atoms with Gasteiger partial charge in [-0.2, -0.15) is 0 Å². The number of nitrogens with zero attached hydrogens (tertiary/aromatic N) is 2. The number of carbonyl (C=O) groups is 1. The van der Waals surface area contributed by atoms with E-state index in [1.54, 1.807) is 6.07 Å². The number of hydrogen-bond donors (Lipinski definition) is 1. The summed E-state index contributed by atoms with van der Waals surface area (Å²) in [6, 6.07) is 15.5. The second-order valence-corrected chi connectivity index (χ2v) is 8.89. The lowest BCUT2D eigenvalue weighted by Gasteiger charge is -2.37. The van der Waals surface area contributed by atoms with E-state index in [2.05, 4.69) is 9.88 Å². The Labute approximate surface area is 191 Å². The van der Waals surface area contributed by atoms with Crippen molar-refractivity contribution in [2.45, 2.75) is 12.8 Å². The molecule has 0 radical (unpaired) electrons. The minimum Gasteiger partial charge on any atom is -0.378 e. The third-order valence-electron chi connectivity index (χ3n) is 6.42. The molecule has 1 atom stereocenters. The number of halogens is 1. The summed E-state index contributed by atoms with van der Waals surface area (Å²) in [5.41, 5.74) is 3.05. The number of hydrogen-bond acceptors (Lipinski definition) is 4. The van der Waals surface area contributed by atoms with E-state index in [4.69, 9.17) is 16.3 Å². The monoisotopic (exact) mass is 451 g/mol. The molecule has 1 N–H and O–H groups in total. The number of aromatic amines is 1. The molecule has 1 amide bonds. The summed E-state index contributed by atoms with van der Waals surface area (Å²) in [4.78, 5) is 33.5. The van der Waals surface area contributed by atoms with Crippen molar-refractivity contribution >= 4 is 34.1 Å². The molecular weight excluding hydrogens is 426 g/mol. The van der Waals surface area contributed by atoms with Gasteiger partial charge < -0.3 is 19.5 Å². The fraction of sp³-hybridized carbons (Fsp3) is 0.360. The standard InChI is InChI=1S/C25H26ClN3O3/c26-19-8-9-21-20(15-19)22(17-5-2-1-3-6-17)23(24(30)27-21)29-10-4-7-18(16-29)25(31)28-11-13-32-14-12-28/h1-3,5-6,8-9,15,18H,4,7,10-14,16H2,(H,27,30)/t18-/m1/s1. The number of aromatic nitrogens is 1. The highest BCUT2D eigenvalue weighted by atomic mass is 35.5. The van der Waals surface area contributed by atoms with E-state index in [-0.39, 0.29) is 17.4 Å². The zero-order chi connectivity index (χ0) is 22.1. The third-order valence-corrected chi connectivity index (χ3v) is 6.66. The predicted molar refractivity (Wildman–Crippen MR) is 127 cm³/mol. The number of pyridine rings is 1. The van der Waals surface area contributed by atoms with Gasteiger partial charge in [-0.25, -0.2) is 0 Å². The van der Waals surface area contributed by atoms with Crippen LogP contribution in [0.5, 0.6) is 0 Å². The number of nitrogens with one attached hydrogen (secondary N) is 1. The van der Waals surface area contributed by atoms with Crippen molar-refractivity contribution in [3.8, 4) is 11.1 Å². The van der Waals surface area contributed by atoms with Crippen LogP contribution in [-0.2, 0) is 9.53 Å². The van der Waals surface area contributed by atoms with Crippen LogP contribution >= 0.6 is 11.6 Å². The summed E-state index contributed by atoms with van der Waals surface area (Å²) >= 11 is 6.34. The number of amides is 1. The second kappa shape index (κ2) is 8.96. The van der Waals surface area contributed by atoms with Crippen LogP contribution in [0, 0.1) is 5.92 Å². The van der Waals surface area contributed by atoms with E-state index in [9.17, 15) is 9.59 Å². The lowest BCUT2D eigenvalue weighted by molar-refractivity contribution is -0.139. The number of benzene rings is 2. The van der Waals surface area contributed by atoms with Crippen LogP contribution in [0.25, 0.3) is 22.0 Å². The fourth-order valence-electron chi connectivity index (χ4n) is 4.88. The number of carbonyl (C=O) groups excluding carboxylic acids is 1. The first-order chi connectivity index (χ1) is 15.6. The van der Waals surface area contributed by atoms with Gasteiger partial charge in [-0.1, -0.05) is 41.9 Å². The van der Waals surface area contributed by atoms with E-state index < -0.39 is 0 Å². The van der Waals surface area contributed by atoms with Crippen molar-refractivity contribution in [1.29, 1.82) is 0 Å². The van der Waals surface area contributed by atoms with Crippen molar-refractivity contribution in [2.24, 2.45) is 5.92 Å². The molecule has 2 fully saturated rings. The van der Waals surface area contributed by atoms with Crippen LogP contribution in [0.15, 0.2) is 53.3 Å². The van der Waals surface area contributed by atoms with Gasteiger partial charge in [0.05, 0.1) is 19.1 Å². The van der Waals surface area contributed by atoms with Gasteiger partial charge in [0.25, 0.3) is 5.56 Å². The number of anilines is 1. The number of piperidine rings is 1. The lowest BCUT2D eigenvalue weighted by Crippen LogP contribution is -2.49. The molecule has 166 valence electrons. The van der Waals surface area contributed by atoms with Crippen LogP contribution < -0.4 is 10.5 Å². The number of ether oxygens (including phenoxy) is 1. The Morgan fingerprint density at radius 3 is 2.62 bits per heavy atom. The van der Waals surface area contributed by atoms with Gasteiger partial charge >= 0.3 is 0 Å². The van der Waals surface area contributed by atoms with E-state index in [1.165, 1.54) is 0 Å². The molecule has 0 saturated carbocycles. The Kier molecular flexibility index (Phi) is 5.89. The molecule has 3 heterocycles. The largest absolute Gasteiger partial charge is 0.378 e.